The van der Waals surface area contributed by atoms with Crippen molar-refractivity contribution < 1.29 is 31.7 Å². The number of hydrogen-bond acceptors (Lipinski definition) is 7. The number of carbonyl (C=O) groups is 3. The van der Waals surface area contributed by atoms with Crippen LogP contribution in [0.25, 0.3) is 0 Å². The number of hydrogen-bond donors (Lipinski definition) is 1. The van der Waals surface area contributed by atoms with Gasteiger partial charge >= 0.3 is 5.97 Å². The number of fused-ring (bicyclic) bond motifs is 1. The molecular formula is C21H26N2O7S2. The van der Waals surface area contributed by atoms with Crippen LogP contribution >= 0.6 is 0 Å². The monoisotopic (exact) mass is 482 g/mol. The minimum Gasteiger partial charge on any atom is -0.456 e. The number of sulfone groups is 1. The van der Waals surface area contributed by atoms with Gasteiger partial charge in [0.1, 0.15) is 12.3 Å². The molecule has 1 N–H and O–H groups in total. The number of esters is 1. The molecule has 3 unspecified atom stereocenters. The third kappa shape index (κ3) is 4.93. The first-order valence-corrected chi connectivity index (χ1v) is 13.4. The summed E-state index contributed by atoms with van der Waals surface area (Å²) >= 11 is 0. The zero-order chi connectivity index (χ0) is 23.6. The zero-order valence-electron chi connectivity index (χ0n) is 18.1. The summed E-state index contributed by atoms with van der Waals surface area (Å²) in [6.07, 6.45) is 2.07. The highest BCUT2D eigenvalue weighted by atomic mass is 32.2. The Labute approximate surface area is 189 Å². The van der Waals surface area contributed by atoms with E-state index in [1.807, 2.05) is 6.92 Å². The van der Waals surface area contributed by atoms with Gasteiger partial charge in [0.15, 0.2) is 9.84 Å². The second-order valence-corrected chi connectivity index (χ2v) is 11.4. The summed E-state index contributed by atoms with van der Waals surface area (Å²) in [5.74, 6) is -1.26. The molecule has 0 spiro atoms. The van der Waals surface area contributed by atoms with Gasteiger partial charge in [-0.1, -0.05) is 19.1 Å². The Kier molecular flexibility index (Phi) is 7.19. The molecule has 2 heterocycles. The van der Waals surface area contributed by atoms with Crippen LogP contribution in [0.4, 0.5) is 0 Å². The molecule has 174 valence electrons. The van der Waals surface area contributed by atoms with Crippen LogP contribution in [0.3, 0.4) is 0 Å². The maximum atomic E-state index is 12.9. The van der Waals surface area contributed by atoms with Gasteiger partial charge in [0, 0.05) is 36.8 Å². The molecule has 3 rings (SSSR count). The van der Waals surface area contributed by atoms with Gasteiger partial charge in [0.25, 0.3) is 0 Å². The molecule has 1 aromatic carbocycles. The van der Waals surface area contributed by atoms with E-state index in [9.17, 15) is 27.0 Å². The van der Waals surface area contributed by atoms with E-state index in [2.05, 4.69) is 5.32 Å². The van der Waals surface area contributed by atoms with Gasteiger partial charge in [-0.15, -0.1) is 0 Å². The van der Waals surface area contributed by atoms with Gasteiger partial charge in [0.2, 0.25) is 11.8 Å². The zero-order valence-corrected chi connectivity index (χ0v) is 19.8. The SMILES string of the molecule is CCC1C(=O)N2C(C(=O)OCc3ccc(S(C)(=O)=O)cc3)=C(S(=O)CCNC(C)=O)CC12. The van der Waals surface area contributed by atoms with Crippen molar-refractivity contribution in [2.24, 2.45) is 5.92 Å². The lowest BCUT2D eigenvalue weighted by atomic mass is 9.85. The van der Waals surface area contributed by atoms with E-state index in [0.29, 0.717) is 23.3 Å². The van der Waals surface area contributed by atoms with Crippen LogP contribution in [-0.2, 0) is 46.4 Å². The number of ether oxygens (including phenoxy) is 1. The Hall–Kier alpha value is -2.53. The Morgan fingerprint density at radius 2 is 1.91 bits per heavy atom. The van der Waals surface area contributed by atoms with Crippen LogP contribution in [0.15, 0.2) is 39.8 Å². The molecule has 1 aromatic rings. The van der Waals surface area contributed by atoms with Crippen molar-refractivity contribution >= 4 is 38.4 Å². The number of β-lactam (4-membered cyclic amide) rings is 1. The minimum atomic E-state index is -3.33. The number of nitrogens with one attached hydrogen (secondary N) is 1. The number of carbonyl (C=O) groups excluding carboxylic acids is 3. The molecule has 0 radical (unpaired) electrons. The maximum absolute atomic E-state index is 12.9. The maximum Gasteiger partial charge on any atom is 0.356 e. The van der Waals surface area contributed by atoms with Crippen molar-refractivity contribution in [3.05, 3.63) is 40.4 Å². The third-order valence-corrected chi connectivity index (χ3v) is 8.15. The molecule has 3 atom stereocenters. The van der Waals surface area contributed by atoms with Crippen LogP contribution in [0.5, 0.6) is 0 Å². The fourth-order valence-electron chi connectivity index (χ4n) is 3.89. The summed E-state index contributed by atoms with van der Waals surface area (Å²) in [6, 6.07) is 5.74. The van der Waals surface area contributed by atoms with Crippen LogP contribution in [0.1, 0.15) is 32.3 Å². The van der Waals surface area contributed by atoms with Gasteiger partial charge < -0.3 is 15.0 Å². The van der Waals surface area contributed by atoms with Crippen molar-refractivity contribution in [2.75, 3.05) is 18.6 Å². The lowest BCUT2D eigenvalue weighted by Crippen LogP contribution is -2.58. The van der Waals surface area contributed by atoms with Crippen LogP contribution in [0, 0.1) is 5.92 Å². The van der Waals surface area contributed by atoms with Crippen molar-refractivity contribution in [3.8, 4) is 0 Å². The highest BCUT2D eigenvalue weighted by Gasteiger charge is 2.55. The van der Waals surface area contributed by atoms with Gasteiger partial charge in [-0.25, -0.2) is 13.2 Å². The molecule has 1 fully saturated rings. The number of nitrogens with zero attached hydrogens (tertiary/aromatic N) is 1. The number of amides is 2. The average molecular weight is 483 g/mol. The summed E-state index contributed by atoms with van der Waals surface area (Å²) < 4.78 is 41.4. The molecule has 0 aromatic heterocycles. The first-order valence-electron chi connectivity index (χ1n) is 10.2. The Bertz CT molecular complexity index is 1090. The first-order chi connectivity index (χ1) is 15.0. The first kappa shape index (κ1) is 24.1. The molecule has 2 amide bonds. The van der Waals surface area contributed by atoms with Crippen LogP contribution in [0.2, 0.25) is 0 Å². The van der Waals surface area contributed by atoms with Crippen molar-refractivity contribution in [1.82, 2.24) is 10.2 Å². The second kappa shape index (κ2) is 9.53. The molecule has 0 aliphatic carbocycles. The fourth-order valence-corrected chi connectivity index (χ4v) is 5.81. The van der Waals surface area contributed by atoms with Crippen molar-refractivity contribution in [1.29, 1.82) is 0 Å². The summed E-state index contributed by atoms with van der Waals surface area (Å²) in [5.41, 5.74) is 0.606. The van der Waals surface area contributed by atoms with E-state index in [0.717, 1.165) is 6.26 Å². The summed E-state index contributed by atoms with van der Waals surface area (Å²) in [5, 5.41) is 2.58. The standard InChI is InChI=1S/C21H26N2O7S2/c1-4-16-17-11-18(31(27)10-9-22-13(2)24)19(23(17)20(16)25)21(26)30-12-14-5-7-15(8-6-14)32(3,28)29/h5-8,16-17H,4,9-12H2,1-3H3,(H,22,24). The van der Waals surface area contributed by atoms with Gasteiger partial charge in [-0.3, -0.25) is 13.8 Å². The fraction of sp³-hybridized carbons (Fsp3) is 0.476. The van der Waals surface area contributed by atoms with E-state index < -0.39 is 26.6 Å². The third-order valence-electron chi connectivity index (χ3n) is 5.54. The Balaban J connectivity index is 1.75. The Morgan fingerprint density at radius 1 is 1.25 bits per heavy atom. The van der Waals surface area contributed by atoms with Gasteiger partial charge in [-0.2, -0.15) is 0 Å². The molecule has 1 saturated heterocycles. The molecule has 11 heteroatoms. The minimum absolute atomic E-state index is 0.0265. The van der Waals surface area contributed by atoms with Crippen LogP contribution < -0.4 is 5.32 Å². The lowest BCUT2D eigenvalue weighted by molar-refractivity contribution is -0.157. The number of benzene rings is 1. The highest BCUT2D eigenvalue weighted by molar-refractivity contribution is 7.90. The number of rotatable bonds is 9. The predicted octanol–water partition coefficient (Wildman–Crippen LogP) is 0.870. The lowest BCUT2D eigenvalue weighted by Gasteiger charge is -2.43. The van der Waals surface area contributed by atoms with Crippen molar-refractivity contribution in [2.45, 2.75) is 44.2 Å². The van der Waals surface area contributed by atoms with E-state index in [-0.39, 0.29) is 53.3 Å². The molecule has 2 aliphatic heterocycles. The topological polar surface area (TPSA) is 127 Å². The molecule has 0 saturated carbocycles. The highest BCUT2D eigenvalue weighted by Crippen LogP contribution is 2.44. The molecule has 32 heavy (non-hydrogen) atoms. The van der Waals surface area contributed by atoms with Crippen LogP contribution in [-0.4, -0.2) is 59.9 Å². The molecule has 9 nitrogen and oxygen atoms in total. The quantitative estimate of drug-likeness (QED) is 0.409. The predicted molar refractivity (Wildman–Crippen MR) is 117 cm³/mol. The average Bonchev–Trinajstić information content (AvgIpc) is 3.07. The smallest absolute Gasteiger partial charge is 0.356 e. The molecular weight excluding hydrogens is 456 g/mol. The van der Waals surface area contributed by atoms with E-state index in [1.54, 1.807) is 12.1 Å². The van der Waals surface area contributed by atoms with Gasteiger partial charge in [-0.05, 0) is 24.1 Å². The largest absolute Gasteiger partial charge is 0.456 e. The molecule has 2 aliphatic rings. The van der Waals surface area contributed by atoms with E-state index in [4.69, 9.17) is 4.74 Å². The summed E-state index contributed by atoms with van der Waals surface area (Å²) in [6.45, 7) is 3.32. The normalized spacial score (nSPS) is 21.1. The van der Waals surface area contributed by atoms with Crippen molar-refractivity contribution in [3.63, 3.8) is 0 Å². The molecule has 0 bridgehead atoms. The van der Waals surface area contributed by atoms with Gasteiger partial charge in [0.05, 0.1) is 27.7 Å². The summed E-state index contributed by atoms with van der Waals surface area (Å²) in [7, 11) is -4.89. The summed E-state index contributed by atoms with van der Waals surface area (Å²) in [4.78, 5) is 38.4. The Morgan fingerprint density at radius 3 is 2.47 bits per heavy atom. The second-order valence-electron chi connectivity index (χ2n) is 7.79. The van der Waals surface area contributed by atoms with E-state index >= 15 is 0 Å². The van der Waals surface area contributed by atoms with E-state index in [1.165, 1.54) is 24.0 Å².